The Balaban J connectivity index is 1.94. The molecule has 9 heteroatoms. The van der Waals surface area contributed by atoms with Crippen molar-refractivity contribution in [1.82, 2.24) is 10.2 Å². The maximum atomic E-state index is 12.4. The van der Waals surface area contributed by atoms with Gasteiger partial charge in [0.05, 0.1) is 11.1 Å². The molecule has 0 saturated carbocycles. The molecule has 0 heterocycles. The third-order valence-electron chi connectivity index (χ3n) is 3.76. The molecule has 2 aromatic rings. The van der Waals surface area contributed by atoms with Crippen LogP contribution in [0.5, 0.6) is 5.75 Å². The third-order valence-corrected chi connectivity index (χ3v) is 4.59. The predicted molar refractivity (Wildman–Crippen MR) is 120 cm³/mol. The second-order valence-electron chi connectivity index (χ2n) is 6.17. The number of thiocarbonyl (C=S) groups is 1. The minimum Gasteiger partial charge on any atom is -0.490 e. The molecule has 29 heavy (non-hydrogen) atoms. The number of hydrogen-bond acceptors (Lipinski definition) is 5. The lowest BCUT2D eigenvalue weighted by Crippen LogP contribution is -2.34. The molecule has 2 amide bonds. The molecule has 0 aliphatic heterocycles. The Hall–Kier alpha value is -2.49. The van der Waals surface area contributed by atoms with Crippen LogP contribution in [-0.4, -0.2) is 56.2 Å². The molecule has 0 atom stereocenters. The van der Waals surface area contributed by atoms with Gasteiger partial charge in [-0.25, -0.2) is 0 Å². The van der Waals surface area contributed by atoms with Gasteiger partial charge < -0.3 is 19.7 Å². The van der Waals surface area contributed by atoms with E-state index in [0.29, 0.717) is 40.3 Å². The van der Waals surface area contributed by atoms with Gasteiger partial charge in [-0.1, -0.05) is 0 Å². The average molecular weight is 480 g/mol. The monoisotopic (exact) mass is 479 g/mol. The number of anilines is 1. The highest BCUT2D eigenvalue weighted by molar-refractivity contribution is 9.10. The van der Waals surface area contributed by atoms with Crippen LogP contribution in [0, 0.1) is 0 Å². The first kappa shape index (κ1) is 22.8. The van der Waals surface area contributed by atoms with Crippen molar-refractivity contribution >= 4 is 50.8 Å². The number of methoxy groups -OCH3 is 1. The standard InChI is InChI=1S/C20H22BrN3O4S/c1-24(2)19(26)13-4-7-15(8-5-13)22-20(29)23-18(25)14-6-9-17(16(21)12-14)28-11-10-27-3/h4-9,12H,10-11H2,1-3H3,(H2,22,23,25,29). The van der Waals surface area contributed by atoms with Crippen molar-refractivity contribution in [2.24, 2.45) is 0 Å². The van der Waals surface area contributed by atoms with E-state index in [4.69, 9.17) is 21.7 Å². The molecule has 0 aliphatic carbocycles. The van der Waals surface area contributed by atoms with E-state index in [1.54, 1.807) is 63.7 Å². The Bertz CT molecular complexity index is 888. The molecule has 0 spiro atoms. The third kappa shape index (κ3) is 6.81. The molecule has 0 saturated heterocycles. The molecular formula is C20H22BrN3O4S. The predicted octanol–water partition coefficient (Wildman–Crippen LogP) is 3.30. The van der Waals surface area contributed by atoms with Crippen LogP contribution in [0.4, 0.5) is 5.69 Å². The van der Waals surface area contributed by atoms with Gasteiger partial charge in [0, 0.05) is 38.0 Å². The van der Waals surface area contributed by atoms with Crippen LogP contribution in [0.1, 0.15) is 20.7 Å². The minimum absolute atomic E-state index is 0.0901. The van der Waals surface area contributed by atoms with Gasteiger partial charge in [-0.3, -0.25) is 14.9 Å². The number of benzene rings is 2. The first-order chi connectivity index (χ1) is 13.8. The summed E-state index contributed by atoms with van der Waals surface area (Å²) in [6.45, 7) is 0.881. The normalized spacial score (nSPS) is 10.2. The van der Waals surface area contributed by atoms with E-state index in [2.05, 4.69) is 26.6 Å². The summed E-state index contributed by atoms with van der Waals surface area (Å²) >= 11 is 8.59. The Morgan fingerprint density at radius 2 is 1.72 bits per heavy atom. The fourth-order valence-corrected chi connectivity index (χ4v) is 2.99. The molecule has 0 radical (unpaired) electrons. The van der Waals surface area contributed by atoms with Crippen molar-refractivity contribution in [2.45, 2.75) is 0 Å². The lowest BCUT2D eigenvalue weighted by molar-refractivity contribution is 0.0827. The molecule has 0 aromatic heterocycles. The number of carbonyl (C=O) groups is 2. The molecule has 0 fully saturated rings. The van der Waals surface area contributed by atoms with E-state index in [1.165, 1.54) is 4.90 Å². The smallest absolute Gasteiger partial charge is 0.257 e. The van der Waals surface area contributed by atoms with Crippen molar-refractivity contribution in [3.05, 3.63) is 58.1 Å². The van der Waals surface area contributed by atoms with Crippen molar-refractivity contribution in [1.29, 1.82) is 0 Å². The molecule has 2 rings (SSSR count). The number of amides is 2. The number of nitrogens with one attached hydrogen (secondary N) is 2. The maximum Gasteiger partial charge on any atom is 0.257 e. The highest BCUT2D eigenvalue weighted by atomic mass is 79.9. The summed E-state index contributed by atoms with van der Waals surface area (Å²) in [7, 11) is 4.98. The number of halogens is 1. The lowest BCUT2D eigenvalue weighted by atomic mass is 10.2. The number of carbonyl (C=O) groups excluding carboxylic acids is 2. The summed E-state index contributed by atoms with van der Waals surface area (Å²) in [5.74, 6) is 0.172. The second-order valence-corrected chi connectivity index (χ2v) is 7.43. The van der Waals surface area contributed by atoms with Gasteiger partial charge in [0.2, 0.25) is 0 Å². The summed E-state index contributed by atoms with van der Waals surface area (Å²) in [5.41, 5.74) is 1.65. The van der Waals surface area contributed by atoms with Gasteiger partial charge in [0.1, 0.15) is 12.4 Å². The molecule has 0 bridgehead atoms. The van der Waals surface area contributed by atoms with Gasteiger partial charge in [-0.15, -0.1) is 0 Å². The van der Waals surface area contributed by atoms with Gasteiger partial charge in [0.15, 0.2) is 5.11 Å². The summed E-state index contributed by atoms with van der Waals surface area (Å²) in [6, 6.07) is 11.8. The Kier molecular flexibility index (Phi) is 8.56. The quantitative estimate of drug-likeness (QED) is 0.468. The van der Waals surface area contributed by atoms with Crippen LogP contribution in [0.2, 0.25) is 0 Å². The summed E-state index contributed by atoms with van der Waals surface area (Å²) in [6.07, 6.45) is 0. The largest absolute Gasteiger partial charge is 0.490 e. The summed E-state index contributed by atoms with van der Waals surface area (Å²) in [4.78, 5) is 25.8. The number of nitrogens with zero attached hydrogens (tertiary/aromatic N) is 1. The fourth-order valence-electron chi connectivity index (χ4n) is 2.29. The molecule has 0 unspecified atom stereocenters. The molecule has 154 valence electrons. The van der Waals surface area contributed by atoms with E-state index in [0.717, 1.165) is 0 Å². The van der Waals surface area contributed by atoms with Gasteiger partial charge in [-0.05, 0) is 70.6 Å². The van der Waals surface area contributed by atoms with E-state index in [1.807, 2.05) is 0 Å². The zero-order chi connectivity index (χ0) is 21.4. The molecule has 7 nitrogen and oxygen atoms in total. The molecule has 2 aromatic carbocycles. The SMILES string of the molecule is COCCOc1ccc(C(=O)NC(=S)Nc2ccc(C(=O)N(C)C)cc2)cc1Br. The van der Waals surface area contributed by atoms with Crippen LogP contribution < -0.4 is 15.4 Å². The summed E-state index contributed by atoms with van der Waals surface area (Å²) < 4.78 is 11.1. The van der Waals surface area contributed by atoms with Crippen molar-refractivity contribution < 1.29 is 19.1 Å². The van der Waals surface area contributed by atoms with Crippen LogP contribution in [0.15, 0.2) is 46.9 Å². The van der Waals surface area contributed by atoms with Crippen LogP contribution in [0.25, 0.3) is 0 Å². The Morgan fingerprint density at radius 3 is 2.31 bits per heavy atom. The van der Waals surface area contributed by atoms with Gasteiger partial charge in [0.25, 0.3) is 11.8 Å². The van der Waals surface area contributed by atoms with E-state index in [9.17, 15) is 9.59 Å². The highest BCUT2D eigenvalue weighted by Gasteiger charge is 2.12. The highest BCUT2D eigenvalue weighted by Crippen LogP contribution is 2.26. The first-order valence-electron chi connectivity index (χ1n) is 8.67. The molecule has 0 aliphatic rings. The van der Waals surface area contributed by atoms with Gasteiger partial charge in [-0.2, -0.15) is 0 Å². The number of hydrogen-bond donors (Lipinski definition) is 2. The summed E-state index contributed by atoms with van der Waals surface area (Å²) in [5, 5.41) is 5.70. The number of ether oxygens (including phenoxy) is 2. The molecular weight excluding hydrogens is 458 g/mol. The van der Waals surface area contributed by atoms with Gasteiger partial charge >= 0.3 is 0 Å². The van der Waals surface area contributed by atoms with Crippen LogP contribution >= 0.6 is 28.1 Å². The Labute approximate surface area is 183 Å². The van der Waals surface area contributed by atoms with E-state index in [-0.39, 0.29) is 16.9 Å². The zero-order valence-electron chi connectivity index (χ0n) is 16.3. The average Bonchev–Trinajstić information content (AvgIpc) is 2.69. The number of rotatable bonds is 7. The minimum atomic E-state index is -0.356. The maximum absolute atomic E-state index is 12.4. The van der Waals surface area contributed by atoms with Crippen molar-refractivity contribution in [3.8, 4) is 5.75 Å². The van der Waals surface area contributed by atoms with E-state index >= 15 is 0 Å². The first-order valence-corrected chi connectivity index (χ1v) is 9.87. The van der Waals surface area contributed by atoms with Crippen LogP contribution in [-0.2, 0) is 4.74 Å². The fraction of sp³-hybridized carbons (Fsp3) is 0.250. The second kappa shape index (κ2) is 10.9. The Morgan fingerprint density at radius 1 is 1.07 bits per heavy atom. The van der Waals surface area contributed by atoms with Crippen molar-refractivity contribution in [3.63, 3.8) is 0 Å². The van der Waals surface area contributed by atoms with Crippen LogP contribution in [0.3, 0.4) is 0 Å². The van der Waals surface area contributed by atoms with E-state index < -0.39 is 0 Å². The topological polar surface area (TPSA) is 79.9 Å². The zero-order valence-corrected chi connectivity index (χ0v) is 18.7. The molecule has 2 N–H and O–H groups in total. The van der Waals surface area contributed by atoms with Crippen molar-refractivity contribution in [2.75, 3.05) is 39.7 Å². The lowest BCUT2D eigenvalue weighted by Gasteiger charge is -2.13.